The second kappa shape index (κ2) is 9.46. The van der Waals surface area contributed by atoms with Gasteiger partial charge in [-0.2, -0.15) is 0 Å². The van der Waals surface area contributed by atoms with Gasteiger partial charge in [-0.05, 0) is 69.4 Å². The molecule has 2 aromatic carbocycles. The predicted molar refractivity (Wildman–Crippen MR) is 124 cm³/mol. The second-order valence-corrected chi connectivity index (χ2v) is 8.71. The zero-order chi connectivity index (χ0) is 22.6. The van der Waals surface area contributed by atoms with Gasteiger partial charge in [-0.25, -0.2) is 14.8 Å². The van der Waals surface area contributed by atoms with Crippen LogP contribution in [0, 0.1) is 0 Å². The van der Waals surface area contributed by atoms with Crippen molar-refractivity contribution in [2.75, 3.05) is 0 Å². The number of aromatic nitrogens is 2. The second-order valence-electron chi connectivity index (χ2n) is 8.71. The maximum atomic E-state index is 12.9. The molecular formula is C26H32N2O3. The van der Waals surface area contributed by atoms with Crippen LogP contribution in [0.3, 0.4) is 0 Å². The van der Waals surface area contributed by atoms with E-state index >= 15 is 0 Å². The molecule has 3 aromatic rings. The number of benzene rings is 2. The van der Waals surface area contributed by atoms with Crippen LogP contribution < -0.4 is 0 Å². The quantitative estimate of drug-likeness (QED) is 0.481. The summed E-state index contributed by atoms with van der Waals surface area (Å²) in [4.78, 5) is 21.6. The first-order chi connectivity index (χ1) is 14.8. The van der Waals surface area contributed by atoms with Crippen LogP contribution in [0.5, 0.6) is 5.75 Å². The molecule has 1 aliphatic carbocycles. The van der Waals surface area contributed by atoms with E-state index in [4.69, 9.17) is 4.74 Å². The molecule has 0 saturated heterocycles. The van der Waals surface area contributed by atoms with Crippen LogP contribution in [-0.2, 0) is 4.74 Å². The Kier molecular flexibility index (Phi) is 6.94. The summed E-state index contributed by atoms with van der Waals surface area (Å²) in [6, 6.07) is 11.0. The maximum Gasteiger partial charge on any atom is 0.338 e. The zero-order valence-electron chi connectivity index (χ0n) is 19.1. The molecule has 0 radical (unpaired) electrons. The summed E-state index contributed by atoms with van der Waals surface area (Å²) < 4.78 is 5.66. The first-order valence-corrected chi connectivity index (χ1v) is 11.1. The molecule has 1 aliphatic rings. The molecule has 5 nitrogen and oxygen atoms in total. The van der Waals surface area contributed by atoms with Gasteiger partial charge in [-0.15, -0.1) is 0 Å². The summed E-state index contributed by atoms with van der Waals surface area (Å²) in [5.74, 6) is 0.257. The fourth-order valence-electron chi connectivity index (χ4n) is 4.08. The number of hydrogen-bond acceptors (Lipinski definition) is 5. The van der Waals surface area contributed by atoms with Crippen LogP contribution in [0.4, 0.5) is 0 Å². The Balaban J connectivity index is 0.00000132. The van der Waals surface area contributed by atoms with Gasteiger partial charge in [-0.1, -0.05) is 32.8 Å². The Labute approximate surface area is 184 Å². The van der Waals surface area contributed by atoms with Crippen molar-refractivity contribution in [3.05, 3.63) is 53.9 Å². The molecule has 0 bridgehead atoms. The monoisotopic (exact) mass is 420 g/mol. The van der Waals surface area contributed by atoms with E-state index in [1.807, 2.05) is 52.8 Å². The number of fused-ring (bicyclic) bond motifs is 1. The summed E-state index contributed by atoms with van der Waals surface area (Å²) >= 11 is 0. The van der Waals surface area contributed by atoms with Crippen LogP contribution in [0.15, 0.2) is 42.7 Å². The number of carbonyl (C=O) groups excluding carboxylic acids is 1. The zero-order valence-corrected chi connectivity index (χ0v) is 19.1. The average molecular weight is 421 g/mol. The van der Waals surface area contributed by atoms with E-state index in [-0.39, 0.29) is 11.7 Å². The fraction of sp³-hybridized carbons (Fsp3) is 0.423. The van der Waals surface area contributed by atoms with E-state index in [2.05, 4.69) is 16.0 Å². The Hall–Kier alpha value is -2.95. The van der Waals surface area contributed by atoms with Gasteiger partial charge in [0.15, 0.2) is 0 Å². The number of carbonyl (C=O) groups is 1. The summed E-state index contributed by atoms with van der Waals surface area (Å²) in [5, 5.41) is 10.6. The first kappa shape index (κ1) is 22.7. The van der Waals surface area contributed by atoms with E-state index < -0.39 is 5.60 Å². The number of aromatic hydroxyl groups is 1. The summed E-state index contributed by atoms with van der Waals surface area (Å²) in [7, 11) is 0. The van der Waals surface area contributed by atoms with Crippen molar-refractivity contribution < 1.29 is 14.6 Å². The molecule has 4 rings (SSSR count). The van der Waals surface area contributed by atoms with E-state index in [1.54, 1.807) is 12.1 Å². The highest BCUT2D eigenvalue weighted by atomic mass is 16.6. The molecule has 1 N–H and O–H groups in total. The lowest BCUT2D eigenvalue weighted by Crippen LogP contribution is -2.24. The lowest BCUT2D eigenvalue weighted by atomic mass is 9.90. The van der Waals surface area contributed by atoms with Crippen LogP contribution in [0.25, 0.3) is 22.2 Å². The van der Waals surface area contributed by atoms with Gasteiger partial charge in [0.2, 0.25) is 0 Å². The van der Waals surface area contributed by atoms with Crippen molar-refractivity contribution in [2.45, 2.75) is 71.8 Å². The van der Waals surface area contributed by atoms with Gasteiger partial charge >= 0.3 is 5.97 Å². The Morgan fingerprint density at radius 1 is 1.03 bits per heavy atom. The third-order valence-electron chi connectivity index (χ3n) is 5.36. The minimum absolute atomic E-state index is 0.175. The van der Waals surface area contributed by atoms with E-state index in [0.717, 1.165) is 35.0 Å². The van der Waals surface area contributed by atoms with Gasteiger partial charge < -0.3 is 9.84 Å². The number of ether oxygens (including phenoxy) is 1. The molecule has 1 heterocycles. The number of phenolic OH excluding ortho intramolecular Hbond substituents is 1. The van der Waals surface area contributed by atoms with Crippen LogP contribution in [-0.4, -0.2) is 26.6 Å². The number of hydrogen-bond donors (Lipinski definition) is 1. The van der Waals surface area contributed by atoms with E-state index in [1.165, 1.54) is 19.2 Å². The highest BCUT2D eigenvalue weighted by Gasteiger charge is 2.26. The average Bonchev–Trinajstić information content (AvgIpc) is 3.28. The Morgan fingerprint density at radius 3 is 2.42 bits per heavy atom. The molecule has 164 valence electrons. The lowest BCUT2D eigenvalue weighted by molar-refractivity contribution is 0.00678. The molecule has 0 aliphatic heterocycles. The summed E-state index contributed by atoms with van der Waals surface area (Å²) in [5.41, 5.74) is 3.58. The number of phenols is 1. The van der Waals surface area contributed by atoms with Crippen molar-refractivity contribution in [2.24, 2.45) is 0 Å². The van der Waals surface area contributed by atoms with Gasteiger partial charge in [0.05, 0.1) is 16.8 Å². The van der Waals surface area contributed by atoms with Crippen molar-refractivity contribution in [3.8, 4) is 17.0 Å². The number of rotatable bonds is 3. The molecule has 0 unspecified atom stereocenters. The lowest BCUT2D eigenvalue weighted by Gasteiger charge is -2.22. The smallest absolute Gasteiger partial charge is 0.338 e. The van der Waals surface area contributed by atoms with Crippen LogP contribution in [0.2, 0.25) is 0 Å². The normalized spacial score (nSPS) is 14.2. The summed E-state index contributed by atoms with van der Waals surface area (Å²) in [6.07, 6.45) is 6.03. The van der Waals surface area contributed by atoms with Gasteiger partial charge in [0.25, 0.3) is 0 Å². The molecule has 0 spiro atoms. The largest absolute Gasteiger partial charge is 0.508 e. The molecule has 5 heteroatoms. The van der Waals surface area contributed by atoms with Crippen LogP contribution in [0.1, 0.15) is 82.1 Å². The number of esters is 1. The van der Waals surface area contributed by atoms with E-state index in [0.29, 0.717) is 17.0 Å². The minimum atomic E-state index is -0.534. The highest BCUT2D eigenvalue weighted by Crippen LogP contribution is 2.39. The van der Waals surface area contributed by atoms with Crippen LogP contribution >= 0.6 is 0 Å². The molecule has 1 saturated carbocycles. The highest BCUT2D eigenvalue weighted by molar-refractivity contribution is 5.95. The fourth-order valence-corrected chi connectivity index (χ4v) is 4.08. The molecular weight excluding hydrogens is 388 g/mol. The molecule has 31 heavy (non-hydrogen) atoms. The van der Waals surface area contributed by atoms with Gasteiger partial charge in [0, 0.05) is 17.0 Å². The van der Waals surface area contributed by atoms with Gasteiger partial charge in [-0.3, -0.25) is 0 Å². The topological polar surface area (TPSA) is 72.3 Å². The predicted octanol–water partition coefficient (Wildman–Crippen LogP) is 6.64. The minimum Gasteiger partial charge on any atom is -0.508 e. The van der Waals surface area contributed by atoms with E-state index in [9.17, 15) is 9.90 Å². The summed E-state index contributed by atoms with van der Waals surface area (Å²) in [6.45, 7) is 9.66. The Morgan fingerprint density at radius 2 is 1.74 bits per heavy atom. The maximum absolute atomic E-state index is 12.9. The van der Waals surface area contributed by atoms with Gasteiger partial charge in [0.1, 0.15) is 17.7 Å². The molecule has 0 atom stereocenters. The molecule has 1 fully saturated rings. The standard InChI is InChI=1S/C24H26N2O3.C2H6/c1-24(2,3)29-23(28)18-10-8-16(12-20(18)15-6-4-5-7-15)22-19-11-9-17(27)13-21(19)25-14-26-22;1-2/h8-15,27H,4-7H2,1-3H3;1-2H3. The Bertz CT molecular complexity index is 1060. The third kappa shape index (κ3) is 5.22. The number of nitrogens with zero attached hydrogens (tertiary/aromatic N) is 2. The van der Waals surface area contributed by atoms with Crippen molar-refractivity contribution in [1.29, 1.82) is 0 Å². The van der Waals surface area contributed by atoms with Crippen molar-refractivity contribution >= 4 is 16.9 Å². The molecule has 0 amide bonds. The SMILES string of the molecule is CC.CC(C)(C)OC(=O)c1ccc(-c2ncnc3cc(O)ccc23)cc1C1CCCC1. The first-order valence-electron chi connectivity index (χ1n) is 11.1. The van der Waals surface area contributed by atoms with Crippen molar-refractivity contribution in [1.82, 2.24) is 9.97 Å². The van der Waals surface area contributed by atoms with Crippen molar-refractivity contribution in [3.63, 3.8) is 0 Å². The third-order valence-corrected chi connectivity index (χ3v) is 5.36. The molecule has 1 aromatic heterocycles.